The zero-order valence-corrected chi connectivity index (χ0v) is 21.5. The van der Waals surface area contributed by atoms with Gasteiger partial charge < -0.3 is 9.64 Å². The Bertz CT molecular complexity index is 1540. The molecule has 0 radical (unpaired) electrons. The number of carbonyl (C=O) groups is 2. The Morgan fingerprint density at radius 2 is 1.94 bits per heavy atom. The third-order valence-corrected chi connectivity index (χ3v) is 7.95. The van der Waals surface area contributed by atoms with Gasteiger partial charge in [-0.3, -0.25) is 14.2 Å². The van der Waals surface area contributed by atoms with Gasteiger partial charge in [0.15, 0.2) is 4.80 Å². The first-order chi connectivity index (χ1) is 16.8. The fourth-order valence-electron chi connectivity index (χ4n) is 4.57. The Balaban J connectivity index is 1.78. The van der Waals surface area contributed by atoms with Crippen molar-refractivity contribution in [2.24, 2.45) is 4.99 Å². The number of rotatable bonds is 5. The molecule has 1 atom stereocenters. The number of hydrogen-bond acceptors (Lipinski definition) is 7. The molecule has 0 spiro atoms. The topological polar surface area (TPSA) is 81.0 Å². The van der Waals surface area contributed by atoms with Crippen LogP contribution in [0, 0.1) is 0 Å². The molecule has 2 aliphatic heterocycles. The van der Waals surface area contributed by atoms with Crippen LogP contribution in [0.5, 0.6) is 0 Å². The Hall–Kier alpha value is -3.30. The molecule has 35 heavy (non-hydrogen) atoms. The van der Waals surface area contributed by atoms with Crippen LogP contribution in [-0.2, 0) is 14.3 Å². The molecule has 0 fully saturated rings. The number of hydrogen-bond donors (Lipinski definition) is 0. The highest BCUT2D eigenvalue weighted by atomic mass is 32.1. The van der Waals surface area contributed by atoms with Gasteiger partial charge in [-0.2, -0.15) is 0 Å². The number of carbonyl (C=O) groups excluding carboxylic acids is 2. The number of anilines is 1. The van der Waals surface area contributed by atoms with E-state index in [0.29, 0.717) is 32.7 Å². The van der Waals surface area contributed by atoms with E-state index < -0.39 is 12.0 Å². The molecule has 0 aliphatic carbocycles. The van der Waals surface area contributed by atoms with Crippen molar-refractivity contribution in [2.75, 3.05) is 11.4 Å². The van der Waals surface area contributed by atoms with Crippen LogP contribution < -0.4 is 19.8 Å². The molecule has 180 valence electrons. The summed E-state index contributed by atoms with van der Waals surface area (Å²) in [5.41, 5.74) is 2.49. The Labute approximate surface area is 210 Å². The van der Waals surface area contributed by atoms with Crippen LogP contribution in [0.3, 0.4) is 0 Å². The molecular weight excluding hydrogens is 482 g/mol. The fraction of sp³-hybridized carbons (Fsp3) is 0.308. The van der Waals surface area contributed by atoms with Crippen LogP contribution in [0.15, 0.2) is 62.8 Å². The van der Waals surface area contributed by atoms with Crippen LogP contribution in [0.1, 0.15) is 50.6 Å². The Morgan fingerprint density at radius 1 is 1.17 bits per heavy atom. The minimum atomic E-state index is -0.662. The number of thiazole rings is 1. The van der Waals surface area contributed by atoms with Gasteiger partial charge in [0.2, 0.25) is 0 Å². The number of benzene rings is 1. The fourth-order valence-corrected chi connectivity index (χ4v) is 6.53. The second kappa shape index (κ2) is 9.05. The van der Waals surface area contributed by atoms with Crippen LogP contribution in [0.25, 0.3) is 5.57 Å². The van der Waals surface area contributed by atoms with E-state index in [0.717, 1.165) is 22.5 Å². The highest BCUT2D eigenvalue weighted by Crippen LogP contribution is 2.36. The monoisotopic (exact) mass is 507 g/mol. The van der Waals surface area contributed by atoms with Crippen molar-refractivity contribution in [1.82, 2.24) is 4.57 Å². The van der Waals surface area contributed by atoms with Gasteiger partial charge in [-0.15, -0.1) is 11.3 Å². The number of allylic oxidation sites excluding steroid dienone is 1. The maximum absolute atomic E-state index is 14.0. The van der Waals surface area contributed by atoms with Gasteiger partial charge in [0.1, 0.15) is 10.6 Å². The average molecular weight is 508 g/mol. The Kier molecular flexibility index (Phi) is 6.06. The van der Waals surface area contributed by atoms with Gasteiger partial charge in [0.25, 0.3) is 11.5 Å². The summed E-state index contributed by atoms with van der Waals surface area (Å²) in [6.07, 6.45) is 0.490. The lowest BCUT2D eigenvalue weighted by molar-refractivity contribution is -0.143. The van der Waals surface area contributed by atoms with E-state index in [1.807, 2.05) is 48.7 Å². The molecule has 1 unspecified atom stereocenters. The van der Waals surface area contributed by atoms with E-state index in [1.165, 1.54) is 22.7 Å². The van der Waals surface area contributed by atoms with Crippen LogP contribution in [0.2, 0.25) is 0 Å². The maximum Gasteiger partial charge on any atom is 0.338 e. The van der Waals surface area contributed by atoms with Gasteiger partial charge in [-0.25, -0.2) is 9.79 Å². The summed E-state index contributed by atoms with van der Waals surface area (Å²) in [7, 11) is 0. The molecule has 7 nitrogen and oxygen atoms in total. The first kappa shape index (κ1) is 23.4. The van der Waals surface area contributed by atoms with Gasteiger partial charge in [0.05, 0.1) is 28.6 Å². The van der Waals surface area contributed by atoms with Crippen molar-refractivity contribution in [3.8, 4) is 0 Å². The summed E-state index contributed by atoms with van der Waals surface area (Å²) < 4.78 is 7.41. The van der Waals surface area contributed by atoms with E-state index in [1.54, 1.807) is 30.2 Å². The van der Waals surface area contributed by atoms with Gasteiger partial charge >= 0.3 is 5.97 Å². The summed E-state index contributed by atoms with van der Waals surface area (Å²) >= 11 is 2.66. The molecule has 1 aromatic carbocycles. The molecular formula is C26H25N3O4S2. The highest BCUT2D eigenvalue weighted by Gasteiger charge is 2.37. The molecule has 0 saturated heterocycles. The van der Waals surface area contributed by atoms with E-state index in [9.17, 15) is 14.4 Å². The number of fused-ring (bicyclic) bond motifs is 2. The maximum atomic E-state index is 14.0. The number of aromatic nitrogens is 1. The molecule has 2 aromatic heterocycles. The third kappa shape index (κ3) is 3.79. The first-order valence-corrected chi connectivity index (χ1v) is 13.2. The van der Waals surface area contributed by atoms with Crippen molar-refractivity contribution < 1.29 is 14.3 Å². The smallest absolute Gasteiger partial charge is 0.338 e. The second-order valence-corrected chi connectivity index (χ2v) is 10.7. The average Bonchev–Trinajstić information content (AvgIpc) is 3.51. The number of thiophene rings is 1. The van der Waals surface area contributed by atoms with Gasteiger partial charge in [0, 0.05) is 17.0 Å². The summed E-state index contributed by atoms with van der Waals surface area (Å²) in [4.78, 5) is 48.3. The van der Waals surface area contributed by atoms with E-state index >= 15 is 0 Å². The second-order valence-electron chi connectivity index (χ2n) is 8.72. The van der Waals surface area contributed by atoms with Crippen molar-refractivity contribution in [3.63, 3.8) is 0 Å². The summed E-state index contributed by atoms with van der Waals surface area (Å²) in [5, 5.41) is 1.91. The minimum absolute atomic E-state index is 0.179. The molecule has 0 saturated carbocycles. The third-order valence-electron chi connectivity index (χ3n) is 5.97. The number of ether oxygens (including phenoxy) is 1. The van der Waals surface area contributed by atoms with Gasteiger partial charge in [-0.1, -0.05) is 42.5 Å². The lowest BCUT2D eigenvalue weighted by atomic mass is 10.0. The molecule has 0 N–H and O–H groups in total. The molecule has 3 aromatic rings. The van der Waals surface area contributed by atoms with Crippen molar-refractivity contribution in [1.29, 1.82) is 0 Å². The molecule has 1 amide bonds. The minimum Gasteiger partial charge on any atom is -0.459 e. The largest absolute Gasteiger partial charge is 0.459 e. The first-order valence-electron chi connectivity index (χ1n) is 11.5. The van der Waals surface area contributed by atoms with E-state index in [4.69, 9.17) is 4.74 Å². The summed E-state index contributed by atoms with van der Waals surface area (Å²) in [6.45, 7) is 7.92. The van der Waals surface area contributed by atoms with E-state index in [2.05, 4.69) is 4.99 Å². The van der Waals surface area contributed by atoms with Crippen molar-refractivity contribution in [2.45, 2.75) is 46.3 Å². The lowest BCUT2D eigenvalue weighted by Crippen LogP contribution is -2.41. The van der Waals surface area contributed by atoms with Crippen molar-refractivity contribution >= 4 is 45.8 Å². The van der Waals surface area contributed by atoms with Gasteiger partial charge in [-0.05, 0) is 44.7 Å². The normalized spacial score (nSPS) is 18.6. The Morgan fingerprint density at radius 3 is 2.63 bits per heavy atom. The number of amides is 1. The number of esters is 1. The summed E-state index contributed by atoms with van der Waals surface area (Å²) in [6, 6.07) is 10.7. The summed E-state index contributed by atoms with van der Waals surface area (Å²) in [5.74, 6) is -0.671. The predicted molar refractivity (Wildman–Crippen MR) is 137 cm³/mol. The van der Waals surface area contributed by atoms with Crippen LogP contribution in [0.4, 0.5) is 5.69 Å². The molecule has 4 heterocycles. The SMILES string of the molecule is CCCN1C(=O)C(=c2sc3n(c2=O)C(c2cccs2)C(C(=O)OC(C)C)=C(C)N=3)c2ccccc21. The molecule has 0 bridgehead atoms. The van der Waals surface area contributed by atoms with E-state index in [-0.39, 0.29) is 17.6 Å². The quantitative estimate of drug-likeness (QED) is 0.496. The lowest BCUT2D eigenvalue weighted by Gasteiger charge is -2.24. The zero-order valence-electron chi connectivity index (χ0n) is 19.9. The standard InChI is InChI=1S/C26H25N3O4S2/c1-5-12-28-17-10-7-6-9-16(17)20(23(28)30)22-24(31)29-21(18-11-8-13-34-18)19(25(32)33-14(2)3)15(4)27-26(29)35-22/h6-11,13-14,21H,5,12H2,1-4H3. The zero-order chi connectivity index (χ0) is 24.9. The molecule has 9 heteroatoms. The van der Waals surface area contributed by atoms with Crippen LogP contribution >= 0.6 is 22.7 Å². The molecule has 2 aliphatic rings. The van der Waals surface area contributed by atoms with Crippen molar-refractivity contribution in [3.05, 3.63) is 83.2 Å². The highest BCUT2D eigenvalue weighted by molar-refractivity contribution is 7.10. The predicted octanol–water partition coefficient (Wildman–Crippen LogP) is 3.38. The number of nitrogens with zero attached hydrogens (tertiary/aromatic N) is 3. The number of para-hydroxylation sites is 1. The van der Waals surface area contributed by atoms with Crippen LogP contribution in [-0.4, -0.2) is 29.1 Å². The molecule has 5 rings (SSSR count).